The molecule has 0 bridgehead atoms. The first-order valence-electron chi connectivity index (χ1n) is 3.41. The van der Waals surface area contributed by atoms with Crippen molar-refractivity contribution in [2.45, 2.75) is 20.0 Å². The van der Waals surface area contributed by atoms with Crippen LogP contribution in [0, 0.1) is 0 Å². The van der Waals surface area contributed by atoms with E-state index in [2.05, 4.69) is 0 Å². The van der Waals surface area contributed by atoms with Crippen LogP contribution >= 0.6 is 0 Å². The predicted octanol–water partition coefficient (Wildman–Crippen LogP) is 1.13. The molecule has 0 rings (SSSR count). The van der Waals surface area contributed by atoms with Gasteiger partial charge in [0.1, 0.15) is 6.23 Å². The summed E-state index contributed by atoms with van der Waals surface area (Å²) in [5, 5.41) is 0. The molecule has 0 fully saturated rings. The van der Waals surface area contributed by atoms with Gasteiger partial charge in [-0.1, -0.05) is 0 Å². The van der Waals surface area contributed by atoms with Gasteiger partial charge >= 0.3 is 0 Å². The number of carbonyl (C=O) groups excluding carboxylic acids is 1. The largest absolute Gasteiger partial charge is 0.487 e. The van der Waals surface area contributed by atoms with E-state index in [9.17, 15) is 4.79 Å². The van der Waals surface area contributed by atoms with Gasteiger partial charge in [-0.2, -0.15) is 0 Å². The van der Waals surface area contributed by atoms with Crippen LogP contribution in [0.5, 0.6) is 0 Å². The summed E-state index contributed by atoms with van der Waals surface area (Å²) >= 11 is 0. The van der Waals surface area contributed by atoms with Crippen molar-refractivity contribution in [2.75, 3.05) is 13.3 Å². The van der Waals surface area contributed by atoms with Gasteiger partial charge in [-0.15, -0.1) is 0 Å². The minimum absolute atomic E-state index is 0.294. The fraction of sp³-hybridized carbons (Fsp3) is 0.714. The highest BCUT2D eigenvalue weighted by molar-refractivity contribution is 6.71. The van der Waals surface area contributed by atoms with Crippen LogP contribution in [-0.4, -0.2) is 27.6 Å². The lowest BCUT2D eigenvalue weighted by Crippen LogP contribution is -2.35. The SMILES string of the molecule is CO[Si](C)(C)COC(C)=C=O. The van der Waals surface area contributed by atoms with Gasteiger partial charge in [0.25, 0.3) is 0 Å². The standard InChI is InChI=1S/C7H14O3Si/c1-7(5-8)10-6-11(3,4)9-2/h6H2,1-4H3. The quantitative estimate of drug-likeness (QED) is 0.364. The van der Waals surface area contributed by atoms with Crippen LogP contribution in [-0.2, 0) is 14.0 Å². The van der Waals surface area contributed by atoms with E-state index < -0.39 is 8.32 Å². The molecule has 0 heterocycles. The summed E-state index contributed by atoms with van der Waals surface area (Å²) < 4.78 is 10.3. The van der Waals surface area contributed by atoms with Gasteiger partial charge in [0, 0.05) is 14.0 Å². The Morgan fingerprint density at radius 1 is 1.55 bits per heavy atom. The zero-order chi connectivity index (χ0) is 8.91. The molecular formula is C7H14O3Si. The van der Waals surface area contributed by atoms with E-state index in [0.29, 0.717) is 12.0 Å². The normalized spacial score (nSPS) is 10.5. The van der Waals surface area contributed by atoms with Crippen LogP contribution in [0.15, 0.2) is 5.76 Å². The molecule has 0 radical (unpaired) electrons. The van der Waals surface area contributed by atoms with Crippen LogP contribution < -0.4 is 0 Å². The third-order valence-electron chi connectivity index (χ3n) is 1.33. The number of hydrogen-bond acceptors (Lipinski definition) is 3. The van der Waals surface area contributed by atoms with Crippen molar-refractivity contribution in [3.63, 3.8) is 0 Å². The molecule has 4 heteroatoms. The maximum absolute atomic E-state index is 10.00. The maximum atomic E-state index is 10.00. The lowest BCUT2D eigenvalue weighted by atomic mass is 10.7. The second-order valence-corrected chi connectivity index (χ2v) is 7.13. The molecule has 0 aliphatic rings. The van der Waals surface area contributed by atoms with Gasteiger partial charge in [-0.3, -0.25) is 0 Å². The van der Waals surface area contributed by atoms with Crippen LogP contribution in [0.4, 0.5) is 0 Å². The zero-order valence-corrected chi connectivity index (χ0v) is 8.43. The van der Waals surface area contributed by atoms with Crippen molar-refractivity contribution in [1.82, 2.24) is 0 Å². The van der Waals surface area contributed by atoms with Crippen molar-refractivity contribution in [3.8, 4) is 0 Å². The summed E-state index contributed by atoms with van der Waals surface area (Å²) in [6.07, 6.45) is 0.505. The third-order valence-corrected chi connectivity index (χ3v) is 3.28. The maximum Gasteiger partial charge on any atom is 0.224 e. The van der Waals surface area contributed by atoms with Gasteiger partial charge in [-0.05, 0) is 13.1 Å². The Labute approximate surface area is 68.1 Å². The zero-order valence-electron chi connectivity index (χ0n) is 7.43. The molecule has 3 nitrogen and oxygen atoms in total. The van der Waals surface area contributed by atoms with Crippen LogP contribution in [0.1, 0.15) is 6.92 Å². The molecule has 0 amide bonds. The molecule has 0 N–H and O–H groups in total. The smallest absolute Gasteiger partial charge is 0.224 e. The van der Waals surface area contributed by atoms with Crippen LogP contribution in [0.3, 0.4) is 0 Å². The summed E-state index contributed by atoms with van der Waals surface area (Å²) in [5.41, 5.74) is 0. The number of allylic oxidation sites excluding steroid dienone is 1. The predicted molar refractivity (Wildman–Crippen MR) is 45.3 cm³/mol. The lowest BCUT2D eigenvalue weighted by Gasteiger charge is -2.19. The highest BCUT2D eigenvalue weighted by atomic mass is 28.4. The Bertz CT molecular complexity index is 171. The molecule has 0 aliphatic heterocycles. The number of hydrogen-bond donors (Lipinski definition) is 0. The fourth-order valence-corrected chi connectivity index (χ4v) is 1.05. The van der Waals surface area contributed by atoms with E-state index in [4.69, 9.17) is 9.16 Å². The van der Waals surface area contributed by atoms with Crippen molar-refractivity contribution < 1.29 is 14.0 Å². The Hall–Kier alpha value is -0.573. The molecule has 0 aromatic carbocycles. The van der Waals surface area contributed by atoms with E-state index >= 15 is 0 Å². The summed E-state index contributed by atoms with van der Waals surface area (Å²) in [6, 6.07) is 0. The van der Waals surface area contributed by atoms with E-state index in [1.807, 2.05) is 13.1 Å². The fourth-order valence-electron chi connectivity index (χ4n) is 0.370. The Morgan fingerprint density at radius 2 is 2.09 bits per heavy atom. The summed E-state index contributed by atoms with van der Waals surface area (Å²) in [4.78, 5) is 10.00. The number of ether oxygens (including phenoxy) is 1. The summed E-state index contributed by atoms with van der Waals surface area (Å²) in [6.45, 7) is 5.63. The van der Waals surface area contributed by atoms with E-state index in [1.54, 1.807) is 20.0 Å². The second kappa shape index (κ2) is 4.33. The molecular weight excluding hydrogens is 160 g/mol. The molecule has 0 saturated carbocycles. The molecule has 0 unspecified atom stereocenters. The first-order chi connectivity index (χ1) is 5.02. The van der Waals surface area contributed by atoms with Crippen LogP contribution in [0.2, 0.25) is 13.1 Å². The van der Waals surface area contributed by atoms with Crippen molar-refractivity contribution >= 4 is 14.3 Å². The van der Waals surface area contributed by atoms with Gasteiger partial charge in [-0.25, -0.2) is 4.79 Å². The first kappa shape index (κ1) is 10.4. The molecule has 0 aromatic rings. The highest BCUT2D eigenvalue weighted by Gasteiger charge is 2.21. The molecule has 0 saturated heterocycles. The van der Waals surface area contributed by atoms with Crippen molar-refractivity contribution in [2.24, 2.45) is 0 Å². The van der Waals surface area contributed by atoms with Crippen molar-refractivity contribution in [1.29, 1.82) is 0 Å². The molecule has 11 heavy (non-hydrogen) atoms. The minimum atomic E-state index is -1.68. The molecule has 64 valence electrons. The van der Waals surface area contributed by atoms with E-state index in [0.717, 1.165) is 0 Å². The van der Waals surface area contributed by atoms with Gasteiger partial charge < -0.3 is 9.16 Å². The van der Waals surface area contributed by atoms with Gasteiger partial charge in [0.05, 0.1) is 0 Å². The molecule has 0 aliphatic carbocycles. The molecule has 0 aromatic heterocycles. The summed E-state index contributed by atoms with van der Waals surface area (Å²) in [5.74, 6) is 1.97. The minimum Gasteiger partial charge on any atom is -0.487 e. The van der Waals surface area contributed by atoms with Gasteiger partial charge in [0.2, 0.25) is 8.32 Å². The monoisotopic (exact) mass is 174 g/mol. The lowest BCUT2D eigenvalue weighted by molar-refractivity contribution is 0.240. The molecule has 0 spiro atoms. The third kappa shape index (κ3) is 4.78. The Kier molecular flexibility index (Phi) is 4.11. The second-order valence-electron chi connectivity index (χ2n) is 2.91. The van der Waals surface area contributed by atoms with Gasteiger partial charge in [0.15, 0.2) is 11.7 Å². The number of rotatable bonds is 4. The first-order valence-corrected chi connectivity index (χ1v) is 6.53. The van der Waals surface area contributed by atoms with Crippen molar-refractivity contribution in [3.05, 3.63) is 5.76 Å². The van der Waals surface area contributed by atoms with Crippen LogP contribution in [0.25, 0.3) is 0 Å². The van der Waals surface area contributed by atoms with E-state index in [-0.39, 0.29) is 0 Å². The summed E-state index contributed by atoms with van der Waals surface area (Å²) in [7, 11) is -0.0160. The molecule has 0 atom stereocenters. The Balaban J connectivity index is 3.79. The average Bonchev–Trinajstić information content (AvgIpc) is 2.00. The topological polar surface area (TPSA) is 35.5 Å². The average molecular weight is 174 g/mol. The highest BCUT2D eigenvalue weighted by Crippen LogP contribution is 2.04. The Morgan fingerprint density at radius 3 is 2.45 bits per heavy atom. The van der Waals surface area contributed by atoms with E-state index in [1.165, 1.54) is 0 Å².